The molecular formula is C25H26ClFN4OS2. The van der Waals surface area contributed by atoms with Gasteiger partial charge in [-0.3, -0.25) is 9.69 Å². The summed E-state index contributed by atoms with van der Waals surface area (Å²) in [7, 11) is 3.57. The molecule has 0 aliphatic heterocycles. The summed E-state index contributed by atoms with van der Waals surface area (Å²) in [5.41, 5.74) is 3.60. The molecule has 0 unspecified atom stereocenters. The van der Waals surface area contributed by atoms with Gasteiger partial charge in [-0.1, -0.05) is 24.8 Å². The van der Waals surface area contributed by atoms with E-state index in [0.717, 1.165) is 19.8 Å². The Labute approximate surface area is 213 Å². The van der Waals surface area contributed by atoms with Crippen LogP contribution in [0.15, 0.2) is 71.7 Å². The standard InChI is InChI=1S/C25H26ClFN4OS2/c1-15-13-23(28-5)22(27)14-21(15)16(2)31(18(4)32)20-9-7-19(8-10-20)29-17(3)30(6)34-25-12-11-24(26)33-25/h7-14,28-29H,2-3H2,1,4-6H3. The van der Waals surface area contributed by atoms with Crippen molar-refractivity contribution in [1.29, 1.82) is 0 Å². The number of thiophene rings is 1. The van der Waals surface area contributed by atoms with E-state index in [1.54, 1.807) is 13.1 Å². The minimum Gasteiger partial charge on any atom is -0.386 e. The lowest BCUT2D eigenvalue weighted by atomic mass is 10.0. The number of rotatable bonds is 9. The van der Waals surface area contributed by atoms with E-state index in [0.29, 0.717) is 28.5 Å². The molecule has 178 valence electrons. The van der Waals surface area contributed by atoms with Gasteiger partial charge in [-0.05, 0) is 73.0 Å². The molecule has 1 aromatic heterocycles. The number of nitrogens with one attached hydrogen (secondary N) is 2. The largest absolute Gasteiger partial charge is 0.386 e. The van der Waals surface area contributed by atoms with Crippen LogP contribution >= 0.6 is 34.9 Å². The Morgan fingerprint density at radius 2 is 1.82 bits per heavy atom. The molecular weight excluding hydrogens is 491 g/mol. The van der Waals surface area contributed by atoms with Crippen molar-refractivity contribution in [2.24, 2.45) is 0 Å². The highest BCUT2D eigenvalue weighted by Gasteiger charge is 2.20. The molecule has 0 atom stereocenters. The molecule has 1 amide bonds. The first-order valence-corrected chi connectivity index (χ1v) is 12.3. The van der Waals surface area contributed by atoms with E-state index < -0.39 is 5.82 Å². The third kappa shape index (κ3) is 5.94. The second kappa shape index (κ2) is 11.0. The van der Waals surface area contributed by atoms with E-state index in [1.165, 1.54) is 41.2 Å². The molecule has 0 saturated heterocycles. The van der Waals surface area contributed by atoms with Crippen molar-refractivity contribution < 1.29 is 9.18 Å². The van der Waals surface area contributed by atoms with Crippen LogP contribution in [-0.4, -0.2) is 24.3 Å². The maximum absolute atomic E-state index is 14.4. The monoisotopic (exact) mass is 516 g/mol. The predicted octanol–water partition coefficient (Wildman–Crippen LogP) is 7.44. The first-order chi connectivity index (χ1) is 16.1. The van der Waals surface area contributed by atoms with Crippen molar-refractivity contribution in [2.45, 2.75) is 18.1 Å². The van der Waals surface area contributed by atoms with Crippen LogP contribution in [0.2, 0.25) is 4.34 Å². The van der Waals surface area contributed by atoms with Gasteiger partial charge in [0.2, 0.25) is 5.91 Å². The van der Waals surface area contributed by atoms with Crippen LogP contribution in [0.3, 0.4) is 0 Å². The van der Waals surface area contributed by atoms with Crippen LogP contribution in [0.4, 0.5) is 21.5 Å². The van der Waals surface area contributed by atoms with Crippen LogP contribution in [0.5, 0.6) is 0 Å². The lowest BCUT2D eigenvalue weighted by Crippen LogP contribution is -2.26. The maximum atomic E-state index is 14.4. The minimum absolute atomic E-state index is 0.224. The SMILES string of the molecule is C=C(Nc1ccc(N(C(=C)c2cc(F)c(NC)cc2C)C(C)=O)cc1)N(C)Sc1ccc(Cl)s1. The zero-order valence-electron chi connectivity index (χ0n) is 19.4. The highest BCUT2D eigenvalue weighted by atomic mass is 35.5. The topological polar surface area (TPSA) is 47.6 Å². The Morgan fingerprint density at radius 3 is 2.38 bits per heavy atom. The second-order valence-corrected chi connectivity index (χ2v) is 10.6. The van der Waals surface area contributed by atoms with Crippen molar-refractivity contribution >= 4 is 63.6 Å². The summed E-state index contributed by atoms with van der Waals surface area (Å²) in [6, 6.07) is 14.2. The summed E-state index contributed by atoms with van der Waals surface area (Å²) in [6.07, 6.45) is 0. The van der Waals surface area contributed by atoms with Crippen LogP contribution in [0, 0.1) is 12.7 Å². The Bertz CT molecular complexity index is 1230. The Morgan fingerprint density at radius 1 is 1.15 bits per heavy atom. The van der Waals surface area contributed by atoms with Gasteiger partial charge in [-0.25, -0.2) is 4.39 Å². The van der Waals surface area contributed by atoms with Gasteiger partial charge >= 0.3 is 0 Å². The minimum atomic E-state index is -0.405. The summed E-state index contributed by atoms with van der Waals surface area (Å²) in [5, 5.41) is 6.07. The van der Waals surface area contributed by atoms with Gasteiger partial charge in [0.05, 0.1) is 14.2 Å². The third-order valence-corrected chi connectivity index (χ3v) is 7.36. The molecule has 3 aromatic rings. The normalized spacial score (nSPS) is 10.5. The second-order valence-electron chi connectivity index (χ2n) is 7.46. The van der Waals surface area contributed by atoms with Gasteiger partial charge in [0, 0.05) is 43.7 Å². The molecule has 0 saturated carbocycles. The predicted molar refractivity (Wildman–Crippen MR) is 145 cm³/mol. The average molecular weight is 517 g/mol. The number of amides is 1. The summed E-state index contributed by atoms with van der Waals surface area (Å²) >= 11 is 9.01. The summed E-state index contributed by atoms with van der Waals surface area (Å²) in [5.74, 6) is 0.0572. The molecule has 0 radical (unpaired) electrons. The van der Waals surface area contributed by atoms with Crippen molar-refractivity contribution in [1.82, 2.24) is 4.31 Å². The molecule has 2 N–H and O–H groups in total. The van der Waals surface area contributed by atoms with Gasteiger partial charge in [-0.15, -0.1) is 11.3 Å². The lowest BCUT2D eigenvalue weighted by Gasteiger charge is -2.26. The molecule has 0 aliphatic carbocycles. The molecule has 34 heavy (non-hydrogen) atoms. The van der Waals surface area contributed by atoms with Gasteiger partial charge in [0.15, 0.2) is 0 Å². The Hall–Kier alpha value is -2.94. The van der Waals surface area contributed by atoms with Crippen LogP contribution in [0.1, 0.15) is 18.1 Å². The molecule has 2 aromatic carbocycles. The fraction of sp³-hybridized carbons (Fsp3) is 0.160. The molecule has 1 heterocycles. The molecule has 0 fully saturated rings. The number of hydrogen-bond acceptors (Lipinski definition) is 6. The number of anilines is 3. The zero-order valence-corrected chi connectivity index (χ0v) is 21.8. The van der Waals surface area contributed by atoms with E-state index in [9.17, 15) is 9.18 Å². The lowest BCUT2D eigenvalue weighted by molar-refractivity contribution is -0.115. The number of nitrogens with zero attached hydrogens (tertiary/aromatic N) is 2. The van der Waals surface area contributed by atoms with Gasteiger partial charge in [-0.2, -0.15) is 0 Å². The number of aryl methyl sites for hydroxylation is 1. The third-order valence-electron chi connectivity index (χ3n) is 5.05. The molecule has 5 nitrogen and oxygen atoms in total. The van der Waals surface area contributed by atoms with E-state index in [2.05, 4.69) is 23.8 Å². The van der Waals surface area contributed by atoms with Crippen molar-refractivity contribution in [3.63, 3.8) is 0 Å². The fourth-order valence-electron chi connectivity index (χ4n) is 3.31. The maximum Gasteiger partial charge on any atom is 0.228 e. The number of hydrogen-bond donors (Lipinski definition) is 2. The van der Waals surface area contributed by atoms with E-state index >= 15 is 0 Å². The van der Waals surface area contributed by atoms with E-state index in [4.69, 9.17) is 11.6 Å². The highest BCUT2D eigenvalue weighted by molar-refractivity contribution is 7.99. The quantitative estimate of drug-likeness (QED) is 0.289. The molecule has 3 rings (SSSR count). The number of benzene rings is 2. The number of carbonyl (C=O) groups excluding carboxylic acids is 1. The van der Waals surface area contributed by atoms with E-state index in [-0.39, 0.29) is 5.91 Å². The van der Waals surface area contributed by atoms with Crippen LogP contribution in [0.25, 0.3) is 5.70 Å². The molecule has 0 bridgehead atoms. The van der Waals surface area contributed by atoms with Gasteiger partial charge in [0.1, 0.15) is 11.6 Å². The highest BCUT2D eigenvalue weighted by Crippen LogP contribution is 2.34. The smallest absolute Gasteiger partial charge is 0.228 e. The molecule has 0 aliphatic rings. The zero-order chi connectivity index (χ0) is 25.0. The van der Waals surface area contributed by atoms with Gasteiger partial charge < -0.3 is 14.9 Å². The molecule has 9 heteroatoms. The fourth-order valence-corrected chi connectivity index (χ4v) is 5.53. The number of halogens is 2. The van der Waals surface area contributed by atoms with Crippen molar-refractivity contribution in [3.05, 3.63) is 88.8 Å². The van der Waals surface area contributed by atoms with Crippen LogP contribution < -0.4 is 15.5 Å². The first kappa shape index (κ1) is 25.7. The average Bonchev–Trinajstić information content (AvgIpc) is 3.20. The Balaban J connectivity index is 1.75. The van der Waals surface area contributed by atoms with Crippen LogP contribution in [-0.2, 0) is 4.79 Å². The first-order valence-electron chi connectivity index (χ1n) is 10.3. The van der Waals surface area contributed by atoms with Crippen molar-refractivity contribution in [2.75, 3.05) is 29.6 Å². The summed E-state index contributed by atoms with van der Waals surface area (Å²) < 4.78 is 18.1. The number of carbonyl (C=O) groups is 1. The summed E-state index contributed by atoms with van der Waals surface area (Å²) in [6.45, 7) is 11.5. The van der Waals surface area contributed by atoms with E-state index in [1.807, 2.05) is 54.7 Å². The van der Waals surface area contributed by atoms with Crippen molar-refractivity contribution in [3.8, 4) is 0 Å². The molecule has 0 spiro atoms. The summed E-state index contributed by atoms with van der Waals surface area (Å²) in [4.78, 5) is 14.0. The Kier molecular flexibility index (Phi) is 8.30. The van der Waals surface area contributed by atoms with Gasteiger partial charge in [0.25, 0.3) is 0 Å².